The molecule has 8 heteroatoms. The van der Waals surface area contributed by atoms with Crippen molar-refractivity contribution in [3.05, 3.63) is 93.7 Å². The van der Waals surface area contributed by atoms with Crippen LogP contribution in [0.15, 0.2) is 77.9 Å². The lowest BCUT2D eigenvalue weighted by Crippen LogP contribution is -1.99. The smallest absolute Gasteiger partial charge is 0.216 e. The number of aromatic amines is 1. The van der Waals surface area contributed by atoms with E-state index in [1.165, 1.54) is 0 Å². The topological polar surface area (TPSA) is 64.4 Å². The Balaban J connectivity index is 1.59. The Bertz CT molecular complexity index is 1250. The largest absolute Gasteiger partial charge is 0.493 e. The highest BCUT2D eigenvalue weighted by molar-refractivity contribution is 7.71. The summed E-state index contributed by atoms with van der Waals surface area (Å²) in [7, 11) is 1.61. The average molecular weight is 451 g/mol. The lowest BCUT2D eigenvalue weighted by Gasteiger charge is -2.11. The molecule has 0 spiro atoms. The normalized spacial score (nSPS) is 11.0. The van der Waals surface area contributed by atoms with Crippen molar-refractivity contribution in [2.45, 2.75) is 6.61 Å². The number of nitrogens with zero attached hydrogens (tertiary/aromatic N) is 3. The van der Waals surface area contributed by atoms with Crippen molar-refractivity contribution in [2.24, 2.45) is 5.10 Å². The zero-order valence-corrected chi connectivity index (χ0v) is 18.2. The van der Waals surface area contributed by atoms with Gasteiger partial charge in [0, 0.05) is 10.6 Å². The Labute approximate surface area is 189 Å². The van der Waals surface area contributed by atoms with Gasteiger partial charge in [0.2, 0.25) is 4.77 Å². The molecule has 0 fully saturated rings. The first kappa shape index (κ1) is 20.8. The van der Waals surface area contributed by atoms with E-state index in [1.54, 1.807) is 30.1 Å². The Morgan fingerprint density at radius 2 is 1.84 bits per heavy atom. The minimum Gasteiger partial charge on any atom is -0.493 e. The van der Waals surface area contributed by atoms with Gasteiger partial charge in [-0.15, -0.1) is 0 Å². The summed E-state index contributed by atoms with van der Waals surface area (Å²) in [6.45, 7) is 0.436. The summed E-state index contributed by atoms with van der Waals surface area (Å²) < 4.78 is 13.3. The Hall–Kier alpha value is -3.42. The first-order valence-electron chi connectivity index (χ1n) is 9.46. The maximum atomic E-state index is 5.98. The SMILES string of the molecule is COc1ccc(/C=N\n2c(-c3ccc(Cl)cc3)n[nH]c2=S)cc1OCc1ccccc1. The van der Waals surface area contributed by atoms with Gasteiger partial charge in [-0.05, 0) is 65.8 Å². The monoisotopic (exact) mass is 450 g/mol. The molecular weight excluding hydrogens is 432 g/mol. The van der Waals surface area contributed by atoms with E-state index >= 15 is 0 Å². The fraction of sp³-hybridized carbons (Fsp3) is 0.0870. The van der Waals surface area contributed by atoms with Crippen molar-refractivity contribution in [1.29, 1.82) is 0 Å². The van der Waals surface area contributed by atoms with Crippen molar-refractivity contribution in [3.8, 4) is 22.9 Å². The third-order valence-corrected chi connectivity index (χ3v) is 5.02. The van der Waals surface area contributed by atoms with Crippen molar-refractivity contribution in [1.82, 2.24) is 14.9 Å². The van der Waals surface area contributed by atoms with Crippen LogP contribution in [0.5, 0.6) is 11.5 Å². The molecule has 0 amide bonds. The highest BCUT2D eigenvalue weighted by Gasteiger charge is 2.09. The Kier molecular flexibility index (Phi) is 6.45. The molecule has 156 valence electrons. The molecule has 0 bridgehead atoms. The van der Waals surface area contributed by atoms with Gasteiger partial charge in [-0.1, -0.05) is 41.9 Å². The lowest BCUT2D eigenvalue weighted by molar-refractivity contribution is 0.284. The summed E-state index contributed by atoms with van der Waals surface area (Å²) >= 11 is 11.3. The molecule has 1 N–H and O–H groups in total. The zero-order chi connectivity index (χ0) is 21.6. The molecular formula is C23H19ClN4O2S. The van der Waals surface area contributed by atoms with Crippen LogP contribution in [-0.2, 0) is 6.61 Å². The number of hydrogen-bond donors (Lipinski definition) is 1. The molecule has 0 aliphatic rings. The highest BCUT2D eigenvalue weighted by Crippen LogP contribution is 2.28. The molecule has 4 rings (SSSR count). The molecule has 0 saturated heterocycles. The quantitative estimate of drug-likeness (QED) is 0.288. The minimum absolute atomic E-state index is 0.385. The second kappa shape index (κ2) is 9.59. The number of benzene rings is 3. The van der Waals surface area contributed by atoms with E-state index in [2.05, 4.69) is 15.3 Å². The first-order chi connectivity index (χ1) is 15.1. The fourth-order valence-corrected chi connectivity index (χ4v) is 3.24. The molecule has 0 radical (unpaired) electrons. The van der Waals surface area contributed by atoms with Gasteiger partial charge in [-0.25, -0.2) is 5.10 Å². The first-order valence-corrected chi connectivity index (χ1v) is 10.2. The van der Waals surface area contributed by atoms with Crippen molar-refractivity contribution < 1.29 is 9.47 Å². The van der Waals surface area contributed by atoms with E-state index in [0.717, 1.165) is 16.7 Å². The van der Waals surface area contributed by atoms with Crippen LogP contribution in [0, 0.1) is 4.77 Å². The van der Waals surface area contributed by atoms with Crippen LogP contribution in [0.25, 0.3) is 11.4 Å². The van der Waals surface area contributed by atoms with Crippen molar-refractivity contribution in [2.75, 3.05) is 7.11 Å². The van der Waals surface area contributed by atoms with Crippen LogP contribution in [0.1, 0.15) is 11.1 Å². The second-order valence-electron chi connectivity index (χ2n) is 6.60. The number of ether oxygens (including phenoxy) is 2. The van der Waals surface area contributed by atoms with E-state index in [9.17, 15) is 0 Å². The summed E-state index contributed by atoms with van der Waals surface area (Å²) in [6.07, 6.45) is 1.69. The molecule has 0 unspecified atom stereocenters. The molecule has 0 saturated carbocycles. The minimum atomic E-state index is 0.385. The molecule has 4 aromatic rings. The fourth-order valence-electron chi connectivity index (χ4n) is 2.93. The van der Waals surface area contributed by atoms with Crippen LogP contribution < -0.4 is 9.47 Å². The zero-order valence-electron chi connectivity index (χ0n) is 16.7. The van der Waals surface area contributed by atoms with Gasteiger partial charge in [0.1, 0.15) is 6.61 Å². The molecule has 31 heavy (non-hydrogen) atoms. The van der Waals surface area contributed by atoms with Crippen molar-refractivity contribution >= 4 is 30.0 Å². The number of nitrogens with one attached hydrogen (secondary N) is 1. The number of H-pyrrole nitrogens is 1. The van der Waals surface area contributed by atoms with E-state index in [1.807, 2.05) is 60.7 Å². The predicted octanol–water partition coefficient (Wildman–Crippen LogP) is 5.73. The molecule has 0 aliphatic heterocycles. The van der Waals surface area contributed by atoms with Crippen LogP contribution in [0.2, 0.25) is 5.02 Å². The Morgan fingerprint density at radius 1 is 1.06 bits per heavy atom. The summed E-state index contributed by atoms with van der Waals surface area (Å²) in [4.78, 5) is 0. The van der Waals surface area contributed by atoms with Crippen LogP contribution in [0.3, 0.4) is 0 Å². The van der Waals surface area contributed by atoms with E-state index in [-0.39, 0.29) is 0 Å². The van der Waals surface area contributed by atoms with Crippen LogP contribution >= 0.6 is 23.8 Å². The number of rotatable bonds is 7. The molecule has 0 atom stereocenters. The van der Waals surface area contributed by atoms with Gasteiger partial charge in [0.25, 0.3) is 0 Å². The third-order valence-electron chi connectivity index (χ3n) is 4.50. The van der Waals surface area contributed by atoms with Gasteiger partial charge in [-0.2, -0.15) is 14.9 Å². The Morgan fingerprint density at radius 3 is 2.58 bits per heavy atom. The average Bonchev–Trinajstić information content (AvgIpc) is 3.17. The third kappa shape index (κ3) is 5.02. The maximum absolute atomic E-state index is 5.98. The number of halogens is 1. The van der Waals surface area contributed by atoms with Gasteiger partial charge < -0.3 is 9.47 Å². The number of methoxy groups -OCH3 is 1. The van der Waals surface area contributed by atoms with E-state index in [4.69, 9.17) is 33.3 Å². The van der Waals surface area contributed by atoms with Gasteiger partial charge in [0.15, 0.2) is 17.3 Å². The van der Waals surface area contributed by atoms with Gasteiger partial charge in [0.05, 0.1) is 13.3 Å². The second-order valence-corrected chi connectivity index (χ2v) is 7.42. The predicted molar refractivity (Wildman–Crippen MR) is 125 cm³/mol. The van der Waals surface area contributed by atoms with Crippen LogP contribution in [0.4, 0.5) is 0 Å². The van der Waals surface area contributed by atoms with E-state index in [0.29, 0.717) is 33.7 Å². The van der Waals surface area contributed by atoms with Gasteiger partial charge in [-0.3, -0.25) is 0 Å². The van der Waals surface area contributed by atoms with E-state index < -0.39 is 0 Å². The lowest BCUT2D eigenvalue weighted by atomic mass is 10.2. The maximum Gasteiger partial charge on any atom is 0.216 e. The van der Waals surface area contributed by atoms with Crippen molar-refractivity contribution in [3.63, 3.8) is 0 Å². The molecule has 1 heterocycles. The van der Waals surface area contributed by atoms with Gasteiger partial charge >= 0.3 is 0 Å². The molecule has 1 aromatic heterocycles. The standard InChI is InChI=1S/C23H19ClN4O2S/c1-29-20-12-7-17(13-21(20)30-15-16-5-3-2-4-6-16)14-25-28-22(26-27-23(28)31)18-8-10-19(24)11-9-18/h2-14H,15H2,1H3,(H,27,31)/b25-14-. The summed E-state index contributed by atoms with van der Waals surface area (Å²) in [5, 5.41) is 12.2. The molecule has 0 aliphatic carbocycles. The summed E-state index contributed by atoms with van der Waals surface area (Å²) in [5.41, 5.74) is 2.74. The number of aromatic nitrogens is 3. The molecule has 6 nitrogen and oxygen atoms in total. The summed E-state index contributed by atoms with van der Waals surface area (Å²) in [5.74, 6) is 1.87. The highest BCUT2D eigenvalue weighted by atomic mass is 35.5. The number of hydrogen-bond acceptors (Lipinski definition) is 5. The molecule has 3 aromatic carbocycles. The van der Waals surface area contributed by atoms with Crippen LogP contribution in [-0.4, -0.2) is 28.2 Å². The summed E-state index contributed by atoms with van der Waals surface area (Å²) in [6, 6.07) is 22.9.